The highest BCUT2D eigenvalue weighted by atomic mass is 16.1. The van der Waals surface area contributed by atoms with Gasteiger partial charge in [0.05, 0.1) is 0 Å². The Bertz CT molecular complexity index is 187. The molecule has 1 amide bonds. The zero-order valence-corrected chi connectivity index (χ0v) is 10.4. The van der Waals surface area contributed by atoms with Crippen LogP contribution in [0.5, 0.6) is 0 Å². The van der Waals surface area contributed by atoms with E-state index in [2.05, 4.69) is 10.6 Å². The molecule has 0 aliphatic rings. The molecule has 4 nitrogen and oxygen atoms in total. The smallest absolute Gasteiger partial charge is 0.221 e. The van der Waals surface area contributed by atoms with Gasteiger partial charge in [-0.15, -0.1) is 0 Å². The van der Waals surface area contributed by atoms with Gasteiger partial charge < -0.3 is 16.4 Å². The molecule has 0 bridgehead atoms. The molecule has 0 heterocycles. The molecule has 15 heavy (non-hydrogen) atoms. The minimum absolute atomic E-state index is 0.103. The summed E-state index contributed by atoms with van der Waals surface area (Å²) in [5, 5.41) is 5.92. The highest BCUT2D eigenvalue weighted by molar-refractivity contribution is 5.76. The van der Waals surface area contributed by atoms with Crippen molar-refractivity contribution >= 4 is 5.91 Å². The normalized spacial score (nSPS) is 13.7. The molecule has 0 aromatic carbocycles. The SMILES string of the molecule is CN[C@H](C)CC(=O)NCCCC(C)(C)N. The topological polar surface area (TPSA) is 67.2 Å². The maximum absolute atomic E-state index is 11.4. The average Bonchev–Trinajstić information content (AvgIpc) is 2.11. The molecule has 0 aromatic rings. The van der Waals surface area contributed by atoms with Gasteiger partial charge in [0.2, 0.25) is 5.91 Å². The van der Waals surface area contributed by atoms with Crippen molar-refractivity contribution in [3.05, 3.63) is 0 Å². The first-order valence-electron chi connectivity index (χ1n) is 5.58. The highest BCUT2D eigenvalue weighted by Crippen LogP contribution is 2.05. The minimum Gasteiger partial charge on any atom is -0.356 e. The Hall–Kier alpha value is -0.610. The van der Waals surface area contributed by atoms with Crippen molar-refractivity contribution in [1.82, 2.24) is 10.6 Å². The second-order valence-electron chi connectivity index (χ2n) is 4.84. The number of rotatable bonds is 7. The second-order valence-corrected chi connectivity index (χ2v) is 4.84. The highest BCUT2D eigenvalue weighted by Gasteiger charge is 2.10. The fourth-order valence-corrected chi connectivity index (χ4v) is 1.22. The molecule has 0 unspecified atom stereocenters. The molecule has 0 saturated heterocycles. The number of carbonyl (C=O) groups excluding carboxylic acids is 1. The number of hydrogen-bond acceptors (Lipinski definition) is 3. The van der Waals surface area contributed by atoms with Gasteiger partial charge in [-0.2, -0.15) is 0 Å². The fraction of sp³-hybridized carbons (Fsp3) is 0.909. The third-order valence-electron chi connectivity index (χ3n) is 2.30. The van der Waals surface area contributed by atoms with E-state index in [4.69, 9.17) is 5.73 Å². The number of carbonyl (C=O) groups is 1. The van der Waals surface area contributed by atoms with Crippen molar-refractivity contribution in [3.8, 4) is 0 Å². The average molecular weight is 215 g/mol. The molecule has 0 saturated carbocycles. The van der Waals surface area contributed by atoms with Gasteiger partial charge in [0.25, 0.3) is 0 Å². The van der Waals surface area contributed by atoms with Crippen LogP contribution in [0.4, 0.5) is 0 Å². The molecule has 0 spiro atoms. The van der Waals surface area contributed by atoms with Crippen LogP contribution in [0, 0.1) is 0 Å². The maximum Gasteiger partial charge on any atom is 0.221 e. The van der Waals surface area contributed by atoms with Crippen LogP contribution in [-0.4, -0.2) is 31.1 Å². The molecule has 1 atom stereocenters. The lowest BCUT2D eigenvalue weighted by Gasteiger charge is -2.18. The van der Waals surface area contributed by atoms with E-state index in [-0.39, 0.29) is 17.5 Å². The lowest BCUT2D eigenvalue weighted by molar-refractivity contribution is -0.121. The van der Waals surface area contributed by atoms with Crippen molar-refractivity contribution in [1.29, 1.82) is 0 Å². The quantitative estimate of drug-likeness (QED) is 0.545. The van der Waals surface area contributed by atoms with Gasteiger partial charge in [-0.1, -0.05) is 0 Å². The number of amides is 1. The van der Waals surface area contributed by atoms with E-state index in [0.29, 0.717) is 6.42 Å². The Morgan fingerprint density at radius 1 is 1.47 bits per heavy atom. The van der Waals surface area contributed by atoms with Gasteiger partial charge >= 0.3 is 0 Å². The summed E-state index contributed by atoms with van der Waals surface area (Å²) in [6, 6.07) is 0.232. The Labute approximate surface area is 93.0 Å². The van der Waals surface area contributed by atoms with Gasteiger partial charge in [0, 0.05) is 24.5 Å². The largest absolute Gasteiger partial charge is 0.356 e. The van der Waals surface area contributed by atoms with Gasteiger partial charge in [0.15, 0.2) is 0 Å². The zero-order chi connectivity index (χ0) is 11.9. The summed E-state index contributed by atoms with van der Waals surface area (Å²) in [5.74, 6) is 0.103. The van der Waals surface area contributed by atoms with E-state index in [0.717, 1.165) is 19.4 Å². The molecule has 0 rings (SSSR count). The number of hydrogen-bond donors (Lipinski definition) is 3. The summed E-state index contributed by atoms with van der Waals surface area (Å²) in [6.07, 6.45) is 2.39. The first-order valence-corrected chi connectivity index (χ1v) is 5.58. The molecule has 0 fully saturated rings. The van der Waals surface area contributed by atoms with E-state index in [9.17, 15) is 4.79 Å². The molecule has 0 aliphatic heterocycles. The minimum atomic E-state index is -0.136. The van der Waals surface area contributed by atoms with Crippen LogP contribution in [0.25, 0.3) is 0 Å². The Balaban J connectivity index is 3.48. The standard InChI is InChI=1S/C11H25N3O/c1-9(13-4)8-10(15)14-7-5-6-11(2,3)12/h9,13H,5-8,12H2,1-4H3,(H,14,15)/t9-/m1/s1. The van der Waals surface area contributed by atoms with Gasteiger partial charge in [-0.05, 0) is 40.7 Å². The van der Waals surface area contributed by atoms with Crippen molar-refractivity contribution in [2.45, 2.75) is 51.6 Å². The summed E-state index contributed by atoms with van der Waals surface area (Å²) in [7, 11) is 1.86. The lowest BCUT2D eigenvalue weighted by atomic mass is 10.0. The fourth-order valence-electron chi connectivity index (χ4n) is 1.22. The molecule has 0 aromatic heterocycles. The van der Waals surface area contributed by atoms with Crippen LogP contribution in [0.15, 0.2) is 0 Å². The summed E-state index contributed by atoms with van der Waals surface area (Å²) in [6.45, 7) is 6.70. The maximum atomic E-state index is 11.4. The van der Waals surface area contributed by atoms with Gasteiger partial charge in [-0.3, -0.25) is 4.79 Å². The van der Waals surface area contributed by atoms with Crippen LogP contribution in [0.1, 0.15) is 40.0 Å². The lowest BCUT2D eigenvalue weighted by Crippen LogP contribution is -2.35. The molecule has 90 valence electrons. The molecular weight excluding hydrogens is 190 g/mol. The van der Waals surface area contributed by atoms with Crippen LogP contribution in [-0.2, 0) is 4.79 Å². The van der Waals surface area contributed by atoms with E-state index in [1.165, 1.54) is 0 Å². The van der Waals surface area contributed by atoms with Crippen molar-refractivity contribution in [2.24, 2.45) is 5.73 Å². The van der Waals surface area contributed by atoms with E-state index in [1.807, 2.05) is 27.8 Å². The molecule has 0 aliphatic carbocycles. The Morgan fingerprint density at radius 2 is 2.07 bits per heavy atom. The molecular formula is C11H25N3O. The molecule has 4 N–H and O–H groups in total. The third kappa shape index (κ3) is 9.69. The predicted molar refractivity (Wildman–Crippen MR) is 63.6 cm³/mol. The van der Waals surface area contributed by atoms with Crippen LogP contribution in [0.3, 0.4) is 0 Å². The van der Waals surface area contributed by atoms with Gasteiger partial charge in [0.1, 0.15) is 0 Å². The number of nitrogens with one attached hydrogen (secondary N) is 2. The van der Waals surface area contributed by atoms with Crippen molar-refractivity contribution in [3.63, 3.8) is 0 Å². The third-order valence-corrected chi connectivity index (χ3v) is 2.30. The summed E-state index contributed by atoms with van der Waals surface area (Å²) >= 11 is 0. The van der Waals surface area contributed by atoms with Crippen LogP contribution >= 0.6 is 0 Å². The van der Waals surface area contributed by atoms with Crippen molar-refractivity contribution in [2.75, 3.05) is 13.6 Å². The Kier molecular flexibility index (Phi) is 6.52. The molecule has 0 radical (unpaired) electrons. The first kappa shape index (κ1) is 14.4. The van der Waals surface area contributed by atoms with Crippen LogP contribution in [0.2, 0.25) is 0 Å². The van der Waals surface area contributed by atoms with E-state index < -0.39 is 0 Å². The first-order chi connectivity index (χ1) is 6.85. The monoisotopic (exact) mass is 215 g/mol. The predicted octanol–water partition coefficient (Wildman–Crippen LogP) is 0.618. The summed E-state index contributed by atoms with van der Waals surface area (Å²) in [5.41, 5.74) is 5.70. The Morgan fingerprint density at radius 3 is 2.53 bits per heavy atom. The summed E-state index contributed by atoms with van der Waals surface area (Å²) < 4.78 is 0. The molecule has 4 heteroatoms. The second kappa shape index (κ2) is 6.80. The summed E-state index contributed by atoms with van der Waals surface area (Å²) in [4.78, 5) is 11.4. The van der Waals surface area contributed by atoms with Gasteiger partial charge in [-0.25, -0.2) is 0 Å². The zero-order valence-electron chi connectivity index (χ0n) is 10.4. The van der Waals surface area contributed by atoms with E-state index >= 15 is 0 Å². The van der Waals surface area contributed by atoms with Crippen LogP contribution < -0.4 is 16.4 Å². The van der Waals surface area contributed by atoms with Crippen molar-refractivity contribution < 1.29 is 4.79 Å². The van der Waals surface area contributed by atoms with E-state index in [1.54, 1.807) is 0 Å². The number of nitrogens with two attached hydrogens (primary N) is 1.